The Labute approximate surface area is 82.0 Å². The minimum Gasteiger partial charge on any atom is -0.380 e. The quantitative estimate of drug-likeness (QED) is 0.725. The van der Waals surface area contributed by atoms with E-state index in [-0.39, 0.29) is 0 Å². The van der Waals surface area contributed by atoms with Crippen molar-refractivity contribution in [2.45, 2.75) is 58.2 Å². The summed E-state index contributed by atoms with van der Waals surface area (Å²) in [6.45, 7) is 6.67. The van der Waals surface area contributed by atoms with Gasteiger partial charge in [0.05, 0.1) is 6.10 Å². The van der Waals surface area contributed by atoms with Crippen molar-refractivity contribution >= 4 is 0 Å². The van der Waals surface area contributed by atoms with Gasteiger partial charge in [-0.2, -0.15) is 0 Å². The zero-order valence-corrected chi connectivity index (χ0v) is 9.34. The molecule has 0 saturated heterocycles. The van der Waals surface area contributed by atoms with Gasteiger partial charge in [0, 0.05) is 19.2 Å². The monoisotopic (exact) mass is 185 g/mol. The SMILES string of the molecule is COC(C)C(C)NC1CCC(C)C1. The molecule has 0 aromatic heterocycles. The van der Waals surface area contributed by atoms with Gasteiger partial charge in [0.2, 0.25) is 0 Å². The summed E-state index contributed by atoms with van der Waals surface area (Å²) in [6.07, 6.45) is 4.37. The fourth-order valence-corrected chi connectivity index (χ4v) is 2.07. The summed E-state index contributed by atoms with van der Waals surface area (Å²) in [5.41, 5.74) is 0. The average Bonchev–Trinajstić information content (AvgIpc) is 2.49. The maximum atomic E-state index is 5.29. The third kappa shape index (κ3) is 3.28. The molecule has 0 spiro atoms. The van der Waals surface area contributed by atoms with Crippen molar-refractivity contribution in [1.82, 2.24) is 5.32 Å². The van der Waals surface area contributed by atoms with Crippen LogP contribution >= 0.6 is 0 Å². The standard InChI is InChI=1S/C11H23NO/c1-8-5-6-11(7-8)12-9(2)10(3)13-4/h8-12H,5-7H2,1-4H3. The maximum absolute atomic E-state index is 5.29. The van der Waals surface area contributed by atoms with E-state index in [9.17, 15) is 0 Å². The van der Waals surface area contributed by atoms with Gasteiger partial charge in [0.25, 0.3) is 0 Å². The van der Waals surface area contributed by atoms with E-state index in [0.717, 1.165) is 12.0 Å². The van der Waals surface area contributed by atoms with Crippen LogP contribution in [0.15, 0.2) is 0 Å². The van der Waals surface area contributed by atoms with Crippen LogP contribution in [0.1, 0.15) is 40.0 Å². The van der Waals surface area contributed by atoms with Crippen LogP contribution in [-0.4, -0.2) is 25.3 Å². The smallest absolute Gasteiger partial charge is 0.0693 e. The topological polar surface area (TPSA) is 21.3 Å². The predicted octanol–water partition coefficient (Wildman–Crippen LogP) is 2.19. The van der Waals surface area contributed by atoms with Crippen molar-refractivity contribution < 1.29 is 4.74 Å². The first-order valence-electron chi connectivity index (χ1n) is 5.42. The highest BCUT2D eigenvalue weighted by atomic mass is 16.5. The van der Waals surface area contributed by atoms with Crippen molar-refractivity contribution in [1.29, 1.82) is 0 Å². The first-order valence-corrected chi connectivity index (χ1v) is 5.42. The fourth-order valence-electron chi connectivity index (χ4n) is 2.07. The molecule has 1 N–H and O–H groups in total. The second kappa shape index (κ2) is 4.97. The van der Waals surface area contributed by atoms with Crippen LogP contribution in [0, 0.1) is 5.92 Å². The molecular weight excluding hydrogens is 162 g/mol. The molecule has 0 aliphatic heterocycles. The van der Waals surface area contributed by atoms with E-state index in [1.807, 2.05) is 0 Å². The molecule has 0 aromatic rings. The molecule has 0 amide bonds. The molecule has 1 rings (SSSR count). The Hall–Kier alpha value is -0.0800. The van der Waals surface area contributed by atoms with Crippen LogP contribution < -0.4 is 5.32 Å². The second-order valence-corrected chi connectivity index (χ2v) is 4.51. The average molecular weight is 185 g/mol. The van der Waals surface area contributed by atoms with Crippen molar-refractivity contribution in [2.75, 3.05) is 7.11 Å². The number of ether oxygens (including phenoxy) is 1. The van der Waals surface area contributed by atoms with Crippen molar-refractivity contribution in [3.63, 3.8) is 0 Å². The third-order valence-corrected chi connectivity index (χ3v) is 3.27. The van der Waals surface area contributed by atoms with Gasteiger partial charge in [-0.1, -0.05) is 6.92 Å². The summed E-state index contributed by atoms with van der Waals surface area (Å²) in [5, 5.41) is 3.63. The molecule has 1 aliphatic rings. The van der Waals surface area contributed by atoms with Crippen LogP contribution in [0.3, 0.4) is 0 Å². The van der Waals surface area contributed by atoms with E-state index in [2.05, 4.69) is 26.1 Å². The Morgan fingerprint density at radius 3 is 2.46 bits per heavy atom. The molecular formula is C11H23NO. The molecule has 78 valence electrons. The predicted molar refractivity (Wildman–Crippen MR) is 55.9 cm³/mol. The van der Waals surface area contributed by atoms with Crippen LogP contribution in [0.2, 0.25) is 0 Å². The number of methoxy groups -OCH3 is 1. The molecule has 0 aromatic carbocycles. The molecule has 2 heteroatoms. The summed E-state index contributed by atoms with van der Waals surface area (Å²) in [4.78, 5) is 0. The zero-order chi connectivity index (χ0) is 9.84. The van der Waals surface area contributed by atoms with Gasteiger partial charge in [-0.15, -0.1) is 0 Å². The first kappa shape index (κ1) is 11.0. The molecule has 1 saturated carbocycles. The molecule has 0 bridgehead atoms. The number of hydrogen-bond acceptors (Lipinski definition) is 2. The van der Waals surface area contributed by atoms with Crippen molar-refractivity contribution in [3.8, 4) is 0 Å². The van der Waals surface area contributed by atoms with Gasteiger partial charge in [-0.3, -0.25) is 0 Å². The Bertz CT molecular complexity index is 149. The Kier molecular flexibility index (Phi) is 4.20. The maximum Gasteiger partial charge on any atom is 0.0693 e. The largest absolute Gasteiger partial charge is 0.380 e. The Morgan fingerprint density at radius 1 is 1.31 bits per heavy atom. The normalized spacial score (nSPS) is 33.2. The van der Waals surface area contributed by atoms with E-state index in [4.69, 9.17) is 4.74 Å². The van der Waals surface area contributed by atoms with Gasteiger partial charge >= 0.3 is 0 Å². The van der Waals surface area contributed by atoms with Crippen molar-refractivity contribution in [3.05, 3.63) is 0 Å². The number of nitrogens with one attached hydrogen (secondary N) is 1. The molecule has 1 fully saturated rings. The van der Waals surface area contributed by atoms with E-state index in [1.54, 1.807) is 7.11 Å². The fraction of sp³-hybridized carbons (Fsp3) is 1.00. The van der Waals surface area contributed by atoms with Crippen LogP contribution in [0.4, 0.5) is 0 Å². The third-order valence-electron chi connectivity index (χ3n) is 3.27. The van der Waals surface area contributed by atoms with Gasteiger partial charge in [-0.05, 0) is 39.0 Å². The number of rotatable bonds is 4. The summed E-state index contributed by atoms with van der Waals surface area (Å²) >= 11 is 0. The minimum absolute atomic E-state index is 0.316. The zero-order valence-electron chi connectivity index (χ0n) is 9.34. The molecule has 13 heavy (non-hydrogen) atoms. The van der Waals surface area contributed by atoms with E-state index >= 15 is 0 Å². The van der Waals surface area contributed by atoms with Crippen LogP contribution in [-0.2, 0) is 4.74 Å². The molecule has 0 heterocycles. The van der Waals surface area contributed by atoms with Gasteiger partial charge in [0.1, 0.15) is 0 Å². The highest BCUT2D eigenvalue weighted by Gasteiger charge is 2.23. The van der Waals surface area contributed by atoms with E-state index < -0.39 is 0 Å². The Morgan fingerprint density at radius 2 is 2.00 bits per heavy atom. The van der Waals surface area contributed by atoms with Gasteiger partial charge < -0.3 is 10.1 Å². The highest BCUT2D eigenvalue weighted by molar-refractivity contribution is 4.82. The lowest BCUT2D eigenvalue weighted by molar-refractivity contribution is 0.0845. The second-order valence-electron chi connectivity index (χ2n) is 4.51. The summed E-state index contributed by atoms with van der Waals surface area (Å²) in [5.74, 6) is 0.905. The summed E-state index contributed by atoms with van der Waals surface area (Å²) in [6, 6.07) is 1.20. The van der Waals surface area contributed by atoms with Crippen molar-refractivity contribution in [2.24, 2.45) is 5.92 Å². The van der Waals surface area contributed by atoms with E-state index in [0.29, 0.717) is 12.1 Å². The molecule has 4 unspecified atom stereocenters. The lowest BCUT2D eigenvalue weighted by atomic mass is 10.1. The molecule has 4 atom stereocenters. The highest BCUT2D eigenvalue weighted by Crippen LogP contribution is 2.25. The van der Waals surface area contributed by atoms with E-state index in [1.165, 1.54) is 19.3 Å². The molecule has 2 nitrogen and oxygen atoms in total. The van der Waals surface area contributed by atoms with Crippen LogP contribution in [0.5, 0.6) is 0 Å². The molecule has 0 radical (unpaired) electrons. The lowest BCUT2D eigenvalue weighted by Crippen LogP contribution is -2.42. The number of hydrogen-bond donors (Lipinski definition) is 1. The van der Waals surface area contributed by atoms with Gasteiger partial charge in [0.15, 0.2) is 0 Å². The Balaban J connectivity index is 2.24. The lowest BCUT2D eigenvalue weighted by Gasteiger charge is -2.24. The first-order chi connectivity index (χ1) is 6.13. The summed E-state index contributed by atoms with van der Waals surface area (Å²) in [7, 11) is 1.78. The van der Waals surface area contributed by atoms with Crippen LogP contribution in [0.25, 0.3) is 0 Å². The van der Waals surface area contributed by atoms with Gasteiger partial charge in [-0.25, -0.2) is 0 Å². The minimum atomic E-state index is 0.316. The summed E-state index contributed by atoms with van der Waals surface area (Å²) < 4.78 is 5.29. The molecule has 1 aliphatic carbocycles.